The van der Waals surface area contributed by atoms with E-state index in [1.807, 2.05) is 0 Å². The van der Waals surface area contributed by atoms with Crippen LogP contribution >= 0.6 is 27.3 Å². The summed E-state index contributed by atoms with van der Waals surface area (Å²) in [5.41, 5.74) is 6.64. The molecule has 0 bridgehead atoms. The molecule has 1 aliphatic carbocycles. The van der Waals surface area contributed by atoms with E-state index in [9.17, 15) is 0 Å². The van der Waals surface area contributed by atoms with Gasteiger partial charge in [0.05, 0.1) is 5.60 Å². The quantitative estimate of drug-likeness (QED) is 0.880. The predicted molar refractivity (Wildman–Crippen MR) is 78.8 cm³/mol. The van der Waals surface area contributed by atoms with E-state index in [0.717, 1.165) is 23.9 Å². The summed E-state index contributed by atoms with van der Waals surface area (Å²) < 4.78 is 7.24. The van der Waals surface area contributed by atoms with Gasteiger partial charge in [0, 0.05) is 27.4 Å². The van der Waals surface area contributed by atoms with E-state index in [-0.39, 0.29) is 11.6 Å². The van der Waals surface area contributed by atoms with Gasteiger partial charge in [0.1, 0.15) is 0 Å². The molecular weight excluding hydrogens is 310 g/mol. The van der Waals surface area contributed by atoms with Crippen molar-refractivity contribution in [1.82, 2.24) is 0 Å². The molecule has 1 aromatic heterocycles. The van der Waals surface area contributed by atoms with Crippen molar-refractivity contribution in [2.75, 3.05) is 6.61 Å². The molecule has 18 heavy (non-hydrogen) atoms. The van der Waals surface area contributed by atoms with Crippen LogP contribution in [0.4, 0.5) is 0 Å². The summed E-state index contributed by atoms with van der Waals surface area (Å²) in [6.07, 6.45) is 7.40. The smallest absolute Gasteiger partial charge is 0.0686 e. The van der Waals surface area contributed by atoms with Crippen LogP contribution in [0.2, 0.25) is 0 Å². The van der Waals surface area contributed by atoms with E-state index in [4.69, 9.17) is 10.5 Å². The molecule has 1 aliphatic heterocycles. The maximum absolute atomic E-state index is 6.47. The lowest BCUT2D eigenvalue weighted by molar-refractivity contribution is -0.0962. The van der Waals surface area contributed by atoms with Gasteiger partial charge in [-0.2, -0.15) is 0 Å². The van der Waals surface area contributed by atoms with Crippen LogP contribution in [0.15, 0.2) is 15.9 Å². The van der Waals surface area contributed by atoms with Gasteiger partial charge in [-0.3, -0.25) is 0 Å². The Morgan fingerprint density at radius 1 is 1.44 bits per heavy atom. The van der Waals surface area contributed by atoms with Gasteiger partial charge in [-0.15, -0.1) is 11.3 Å². The highest BCUT2D eigenvalue weighted by atomic mass is 79.9. The second kappa shape index (κ2) is 5.23. The first-order valence-corrected chi connectivity index (χ1v) is 8.49. The van der Waals surface area contributed by atoms with Crippen molar-refractivity contribution in [3.8, 4) is 0 Å². The number of ether oxygens (including phenoxy) is 1. The molecule has 4 heteroatoms. The Kier molecular flexibility index (Phi) is 3.81. The Balaban J connectivity index is 1.72. The third kappa shape index (κ3) is 2.53. The van der Waals surface area contributed by atoms with Crippen LogP contribution in [0.5, 0.6) is 0 Å². The Labute approximate surface area is 121 Å². The Bertz CT molecular complexity index is 414. The number of halogens is 1. The Morgan fingerprint density at radius 3 is 2.89 bits per heavy atom. The lowest BCUT2D eigenvalue weighted by Crippen LogP contribution is -2.40. The van der Waals surface area contributed by atoms with Gasteiger partial charge in [-0.1, -0.05) is 12.8 Å². The fraction of sp³-hybridized carbons (Fsp3) is 0.714. The van der Waals surface area contributed by atoms with Gasteiger partial charge in [-0.05, 0) is 53.6 Å². The third-order valence-electron chi connectivity index (χ3n) is 4.47. The van der Waals surface area contributed by atoms with Crippen LogP contribution in [0.25, 0.3) is 0 Å². The van der Waals surface area contributed by atoms with Crippen molar-refractivity contribution in [3.63, 3.8) is 0 Å². The minimum Gasteiger partial charge on any atom is -0.375 e. The van der Waals surface area contributed by atoms with E-state index in [2.05, 4.69) is 27.4 Å². The summed E-state index contributed by atoms with van der Waals surface area (Å²) in [7, 11) is 0. The van der Waals surface area contributed by atoms with Crippen molar-refractivity contribution in [2.24, 2.45) is 11.7 Å². The fourth-order valence-electron chi connectivity index (χ4n) is 3.48. The molecule has 2 N–H and O–H groups in total. The molecule has 3 rings (SSSR count). The summed E-state index contributed by atoms with van der Waals surface area (Å²) in [4.78, 5) is 1.31. The SMILES string of the molecule is NC(c1cc(Br)cs1)C1CCOC2(CCCC2)C1. The van der Waals surface area contributed by atoms with Gasteiger partial charge in [-0.25, -0.2) is 0 Å². The third-order valence-corrected chi connectivity index (χ3v) is 6.26. The van der Waals surface area contributed by atoms with E-state index in [1.54, 1.807) is 11.3 Å². The van der Waals surface area contributed by atoms with Crippen LogP contribution in [0.3, 0.4) is 0 Å². The molecule has 0 amide bonds. The van der Waals surface area contributed by atoms with Crippen LogP contribution < -0.4 is 5.73 Å². The molecular formula is C14H20BrNOS. The maximum atomic E-state index is 6.47. The predicted octanol–water partition coefficient (Wildman–Crippen LogP) is 4.25. The molecule has 1 saturated heterocycles. The van der Waals surface area contributed by atoms with Crippen LogP contribution in [0.1, 0.15) is 49.4 Å². The van der Waals surface area contributed by atoms with Crippen LogP contribution in [-0.2, 0) is 4.74 Å². The van der Waals surface area contributed by atoms with Gasteiger partial charge in [0.25, 0.3) is 0 Å². The van der Waals surface area contributed by atoms with Gasteiger partial charge in [0.15, 0.2) is 0 Å². The first kappa shape index (κ1) is 13.1. The molecule has 2 heterocycles. The first-order valence-electron chi connectivity index (χ1n) is 6.82. The highest BCUT2D eigenvalue weighted by molar-refractivity contribution is 9.10. The number of nitrogens with two attached hydrogens (primary N) is 1. The second-order valence-corrected chi connectivity index (χ2v) is 7.54. The number of rotatable bonds is 2. The number of thiophene rings is 1. The van der Waals surface area contributed by atoms with Crippen molar-refractivity contribution >= 4 is 27.3 Å². The Hall–Kier alpha value is 0.1000. The molecule has 1 spiro atoms. The molecule has 1 saturated carbocycles. The zero-order valence-electron chi connectivity index (χ0n) is 10.5. The van der Waals surface area contributed by atoms with E-state index in [1.165, 1.54) is 30.6 Å². The minimum atomic E-state index is 0.176. The summed E-state index contributed by atoms with van der Waals surface area (Å²) in [6.45, 7) is 0.894. The zero-order chi connectivity index (χ0) is 12.6. The summed E-state index contributed by atoms with van der Waals surface area (Å²) in [5, 5.41) is 2.12. The molecule has 2 fully saturated rings. The molecule has 2 atom stereocenters. The van der Waals surface area contributed by atoms with Gasteiger partial charge >= 0.3 is 0 Å². The van der Waals surface area contributed by atoms with Crippen LogP contribution in [-0.4, -0.2) is 12.2 Å². The van der Waals surface area contributed by atoms with Crippen molar-refractivity contribution in [3.05, 3.63) is 20.8 Å². The molecule has 100 valence electrons. The summed E-state index contributed by atoms with van der Waals surface area (Å²) in [5.74, 6) is 0.586. The normalized spacial score (nSPS) is 28.7. The molecule has 2 aliphatic rings. The highest BCUT2D eigenvalue weighted by Gasteiger charge is 2.41. The van der Waals surface area contributed by atoms with Gasteiger partial charge < -0.3 is 10.5 Å². The van der Waals surface area contributed by atoms with E-state index >= 15 is 0 Å². The number of hydrogen-bond donors (Lipinski definition) is 1. The van der Waals surface area contributed by atoms with E-state index in [0.29, 0.717) is 5.92 Å². The van der Waals surface area contributed by atoms with Crippen LogP contribution in [0, 0.1) is 5.92 Å². The molecule has 2 unspecified atom stereocenters. The summed E-state index contributed by atoms with van der Waals surface area (Å²) in [6, 6.07) is 2.36. The standard InChI is InChI=1S/C14H20BrNOS/c15-11-7-12(18-9-11)13(16)10-3-6-17-14(8-10)4-1-2-5-14/h7,9-10,13H,1-6,8,16H2. The van der Waals surface area contributed by atoms with Crippen molar-refractivity contribution in [1.29, 1.82) is 0 Å². The molecule has 1 aromatic rings. The lowest BCUT2D eigenvalue weighted by atomic mass is 9.80. The average Bonchev–Trinajstić information content (AvgIpc) is 2.98. The summed E-state index contributed by atoms with van der Waals surface area (Å²) >= 11 is 5.28. The van der Waals surface area contributed by atoms with Crippen molar-refractivity contribution in [2.45, 2.75) is 50.2 Å². The fourth-order valence-corrected chi connectivity index (χ4v) is 5.02. The van der Waals surface area contributed by atoms with E-state index < -0.39 is 0 Å². The number of hydrogen-bond acceptors (Lipinski definition) is 3. The lowest BCUT2D eigenvalue weighted by Gasteiger charge is -2.40. The van der Waals surface area contributed by atoms with Gasteiger partial charge in [0.2, 0.25) is 0 Å². The maximum Gasteiger partial charge on any atom is 0.0686 e. The molecule has 2 nitrogen and oxygen atoms in total. The average molecular weight is 330 g/mol. The highest BCUT2D eigenvalue weighted by Crippen LogP contribution is 2.45. The second-order valence-electron chi connectivity index (χ2n) is 5.68. The minimum absolute atomic E-state index is 0.176. The molecule has 0 radical (unpaired) electrons. The van der Waals surface area contributed by atoms with Crippen molar-refractivity contribution < 1.29 is 4.74 Å². The monoisotopic (exact) mass is 329 g/mol. The topological polar surface area (TPSA) is 35.2 Å². The largest absolute Gasteiger partial charge is 0.375 e. The Morgan fingerprint density at radius 2 is 2.22 bits per heavy atom. The first-order chi connectivity index (χ1) is 8.69. The zero-order valence-corrected chi connectivity index (χ0v) is 12.9. The molecule has 0 aromatic carbocycles.